The molecule has 0 saturated heterocycles. The Morgan fingerprint density at radius 3 is 2.32 bits per heavy atom. The molecular formula is C21H21ClN2O4. The van der Waals surface area contributed by atoms with Crippen molar-refractivity contribution in [2.24, 2.45) is 0 Å². The van der Waals surface area contributed by atoms with Gasteiger partial charge in [0.25, 0.3) is 5.91 Å². The minimum Gasteiger partial charge on any atom is -0.496 e. The maximum Gasteiger partial charge on any atom is 0.253 e. The quantitative estimate of drug-likeness (QED) is 0.673. The maximum absolute atomic E-state index is 12.8. The Balaban J connectivity index is 1.88. The fraction of sp³-hybridized carbons (Fsp3) is 0.238. The number of benzene rings is 2. The minimum atomic E-state index is -0.244. The van der Waals surface area contributed by atoms with Crippen LogP contribution in [0.4, 0.5) is 0 Å². The predicted molar refractivity (Wildman–Crippen MR) is 109 cm³/mol. The Morgan fingerprint density at radius 2 is 1.71 bits per heavy atom. The van der Waals surface area contributed by atoms with Gasteiger partial charge in [0.05, 0.1) is 50.2 Å². The molecule has 6 nitrogen and oxygen atoms in total. The van der Waals surface area contributed by atoms with Gasteiger partial charge in [0.15, 0.2) is 0 Å². The molecule has 0 aliphatic heterocycles. The Bertz CT molecular complexity index is 1010. The highest BCUT2D eigenvalue weighted by Crippen LogP contribution is 2.34. The van der Waals surface area contributed by atoms with Crippen molar-refractivity contribution in [1.82, 2.24) is 10.3 Å². The highest BCUT2D eigenvalue weighted by molar-refractivity contribution is 6.31. The van der Waals surface area contributed by atoms with Crippen LogP contribution in [0.25, 0.3) is 10.9 Å². The SMILES string of the molecule is COc1cc(OC)c(CNC(=O)c2cc3cc(Cl)ccc3nc2C)c(OC)c1. The molecule has 2 aromatic carbocycles. The number of nitrogens with zero attached hydrogens (tertiary/aromatic N) is 1. The van der Waals surface area contributed by atoms with E-state index in [2.05, 4.69) is 10.3 Å². The molecule has 0 spiro atoms. The average Bonchev–Trinajstić information content (AvgIpc) is 2.70. The lowest BCUT2D eigenvalue weighted by molar-refractivity contribution is 0.0949. The van der Waals surface area contributed by atoms with Gasteiger partial charge in [-0.3, -0.25) is 9.78 Å². The monoisotopic (exact) mass is 400 g/mol. The number of hydrogen-bond donors (Lipinski definition) is 1. The van der Waals surface area contributed by atoms with Crippen molar-refractivity contribution in [3.8, 4) is 17.2 Å². The molecule has 146 valence electrons. The molecule has 0 unspecified atom stereocenters. The summed E-state index contributed by atoms with van der Waals surface area (Å²) in [6.45, 7) is 2.03. The van der Waals surface area contributed by atoms with Crippen molar-refractivity contribution in [2.75, 3.05) is 21.3 Å². The lowest BCUT2D eigenvalue weighted by Crippen LogP contribution is -2.24. The largest absolute Gasteiger partial charge is 0.496 e. The zero-order chi connectivity index (χ0) is 20.3. The third kappa shape index (κ3) is 3.97. The number of rotatable bonds is 6. The highest BCUT2D eigenvalue weighted by Gasteiger charge is 2.16. The third-order valence-corrected chi connectivity index (χ3v) is 4.69. The Labute approximate surface area is 168 Å². The third-order valence-electron chi connectivity index (χ3n) is 4.45. The number of aryl methyl sites for hydroxylation is 1. The number of pyridine rings is 1. The van der Waals surface area contributed by atoms with Crippen LogP contribution in [-0.4, -0.2) is 32.2 Å². The first-order valence-corrected chi connectivity index (χ1v) is 8.98. The second-order valence-electron chi connectivity index (χ2n) is 6.15. The fourth-order valence-electron chi connectivity index (χ4n) is 2.99. The molecule has 1 heterocycles. The number of nitrogens with one attached hydrogen (secondary N) is 1. The van der Waals surface area contributed by atoms with Gasteiger partial charge in [0.2, 0.25) is 0 Å². The lowest BCUT2D eigenvalue weighted by Gasteiger charge is -2.16. The molecule has 1 aromatic heterocycles. The first-order valence-electron chi connectivity index (χ1n) is 8.60. The number of hydrogen-bond acceptors (Lipinski definition) is 5. The summed E-state index contributed by atoms with van der Waals surface area (Å²) in [6.07, 6.45) is 0. The summed E-state index contributed by atoms with van der Waals surface area (Å²) in [6, 6.07) is 10.7. The summed E-state index contributed by atoms with van der Waals surface area (Å²) < 4.78 is 16.1. The van der Waals surface area contributed by atoms with Crippen LogP contribution in [0.2, 0.25) is 5.02 Å². The van der Waals surface area contributed by atoms with Gasteiger partial charge in [-0.2, -0.15) is 0 Å². The second kappa shape index (κ2) is 8.35. The van der Waals surface area contributed by atoms with Crippen LogP contribution in [0.5, 0.6) is 17.2 Å². The lowest BCUT2D eigenvalue weighted by atomic mass is 10.1. The van der Waals surface area contributed by atoms with E-state index < -0.39 is 0 Å². The van der Waals surface area contributed by atoms with E-state index in [4.69, 9.17) is 25.8 Å². The highest BCUT2D eigenvalue weighted by atomic mass is 35.5. The molecule has 3 aromatic rings. The van der Waals surface area contributed by atoms with Crippen molar-refractivity contribution in [3.63, 3.8) is 0 Å². The normalized spacial score (nSPS) is 10.6. The molecular weight excluding hydrogens is 380 g/mol. The summed E-state index contributed by atoms with van der Waals surface area (Å²) in [5.41, 5.74) is 2.63. The number of ether oxygens (including phenoxy) is 3. The molecule has 0 fully saturated rings. The summed E-state index contributed by atoms with van der Waals surface area (Å²) >= 11 is 6.06. The Kier molecular flexibility index (Phi) is 5.90. The molecule has 0 bridgehead atoms. The summed E-state index contributed by atoms with van der Waals surface area (Å²) in [5.74, 6) is 1.50. The number of amides is 1. The molecule has 0 atom stereocenters. The first kappa shape index (κ1) is 19.8. The zero-order valence-electron chi connectivity index (χ0n) is 16.1. The van der Waals surface area contributed by atoms with Crippen molar-refractivity contribution >= 4 is 28.4 Å². The number of aromatic nitrogens is 1. The number of methoxy groups -OCH3 is 3. The van der Waals surface area contributed by atoms with Gasteiger partial charge in [-0.15, -0.1) is 0 Å². The topological polar surface area (TPSA) is 69.7 Å². The Hall–Kier alpha value is -2.99. The minimum absolute atomic E-state index is 0.224. The van der Waals surface area contributed by atoms with E-state index in [1.54, 1.807) is 58.6 Å². The number of halogens is 1. The van der Waals surface area contributed by atoms with Crippen molar-refractivity contribution < 1.29 is 19.0 Å². The van der Waals surface area contributed by atoms with E-state index in [-0.39, 0.29) is 12.5 Å². The zero-order valence-corrected chi connectivity index (χ0v) is 16.9. The van der Waals surface area contributed by atoms with Gasteiger partial charge in [-0.05, 0) is 31.2 Å². The summed E-state index contributed by atoms with van der Waals surface area (Å²) in [7, 11) is 4.68. The average molecular weight is 401 g/mol. The molecule has 0 aliphatic rings. The van der Waals surface area contributed by atoms with Crippen LogP contribution in [0.3, 0.4) is 0 Å². The van der Waals surface area contributed by atoms with E-state index in [0.29, 0.717) is 39.1 Å². The van der Waals surface area contributed by atoms with Gasteiger partial charge < -0.3 is 19.5 Å². The molecule has 1 amide bonds. The van der Waals surface area contributed by atoms with Crippen LogP contribution in [0, 0.1) is 6.92 Å². The van der Waals surface area contributed by atoms with E-state index in [9.17, 15) is 4.79 Å². The molecule has 28 heavy (non-hydrogen) atoms. The standard InChI is InChI=1S/C21H21ClN2O4/c1-12-16(8-13-7-14(22)5-6-18(13)24-12)21(25)23-11-17-19(27-3)9-15(26-2)10-20(17)28-4/h5-10H,11H2,1-4H3,(H,23,25). The molecule has 0 radical (unpaired) electrons. The van der Waals surface area contributed by atoms with Gasteiger partial charge in [-0.25, -0.2) is 0 Å². The Morgan fingerprint density at radius 1 is 1.04 bits per heavy atom. The number of fused-ring (bicyclic) bond motifs is 1. The smallest absolute Gasteiger partial charge is 0.253 e. The van der Waals surface area contributed by atoms with E-state index >= 15 is 0 Å². The summed E-state index contributed by atoms with van der Waals surface area (Å²) in [5, 5.41) is 4.31. The van der Waals surface area contributed by atoms with Gasteiger partial charge in [-0.1, -0.05) is 11.6 Å². The van der Waals surface area contributed by atoms with Crippen LogP contribution in [0.1, 0.15) is 21.6 Å². The van der Waals surface area contributed by atoms with E-state index in [1.165, 1.54) is 0 Å². The van der Waals surface area contributed by atoms with Gasteiger partial charge in [0.1, 0.15) is 17.2 Å². The van der Waals surface area contributed by atoms with Crippen LogP contribution >= 0.6 is 11.6 Å². The second-order valence-corrected chi connectivity index (χ2v) is 6.59. The maximum atomic E-state index is 12.8. The van der Waals surface area contributed by atoms with Gasteiger partial charge in [0, 0.05) is 22.5 Å². The molecule has 0 aliphatic carbocycles. The number of carbonyl (C=O) groups is 1. The molecule has 7 heteroatoms. The molecule has 3 rings (SSSR count). The number of carbonyl (C=O) groups excluding carboxylic acids is 1. The first-order chi connectivity index (χ1) is 13.5. The van der Waals surface area contributed by atoms with E-state index in [0.717, 1.165) is 10.9 Å². The fourth-order valence-corrected chi connectivity index (χ4v) is 3.17. The van der Waals surface area contributed by atoms with Crippen LogP contribution in [0.15, 0.2) is 36.4 Å². The summed E-state index contributed by atoms with van der Waals surface area (Å²) in [4.78, 5) is 17.3. The van der Waals surface area contributed by atoms with Crippen molar-refractivity contribution in [2.45, 2.75) is 13.5 Å². The van der Waals surface area contributed by atoms with Crippen molar-refractivity contribution in [1.29, 1.82) is 0 Å². The van der Waals surface area contributed by atoms with Crippen LogP contribution < -0.4 is 19.5 Å². The molecule has 0 saturated carbocycles. The van der Waals surface area contributed by atoms with E-state index in [1.807, 2.05) is 6.07 Å². The molecule has 1 N–H and O–H groups in total. The predicted octanol–water partition coefficient (Wildman–Crippen LogP) is 4.15. The van der Waals surface area contributed by atoms with Gasteiger partial charge >= 0.3 is 0 Å². The van der Waals surface area contributed by atoms with Crippen LogP contribution in [-0.2, 0) is 6.54 Å². The van der Waals surface area contributed by atoms with Crippen molar-refractivity contribution in [3.05, 3.63) is 58.2 Å².